The molecule has 2 aliphatic rings. The highest BCUT2D eigenvalue weighted by Gasteiger charge is 2.42. The van der Waals surface area contributed by atoms with E-state index in [4.69, 9.17) is 0 Å². The number of tetrazole rings is 1. The molecule has 0 bridgehead atoms. The first-order valence-electron chi connectivity index (χ1n) is 8.41. The van der Waals surface area contributed by atoms with Gasteiger partial charge < -0.3 is 10.6 Å². The van der Waals surface area contributed by atoms with E-state index >= 15 is 0 Å². The fourth-order valence-electron chi connectivity index (χ4n) is 3.78. The summed E-state index contributed by atoms with van der Waals surface area (Å²) in [4.78, 5) is 12.0. The van der Waals surface area contributed by atoms with Crippen LogP contribution in [0.25, 0.3) is 0 Å². The number of nitrogens with one attached hydrogen (secondary N) is 2. The van der Waals surface area contributed by atoms with Crippen molar-refractivity contribution in [1.82, 2.24) is 30.8 Å². The summed E-state index contributed by atoms with van der Waals surface area (Å²) in [6.45, 7) is 2.67. The number of nitrogens with zero attached hydrogens (tertiary/aromatic N) is 4. The maximum absolute atomic E-state index is 12.0. The van der Waals surface area contributed by atoms with Gasteiger partial charge in [-0.2, -0.15) is 0 Å². The van der Waals surface area contributed by atoms with Crippen molar-refractivity contribution >= 4 is 6.03 Å². The van der Waals surface area contributed by atoms with Gasteiger partial charge in [0.1, 0.15) is 0 Å². The van der Waals surface area contributed by atoms with Gasteiger partial charge in [0.25, 0.3) is 0 Å². The molecule has 1 aromatic heterocycles. The van der Waals surface area contributed by atoms with Gasteiger partial charge in [-0.1, -0.05) is 32.1 Å². The zero-order valence-electron chi connectivity index (χ0n) is 13.5. The van der Waals surface area contributed by atoms with Crippen LogP contribution < -0.4 is 10.6 Å². The maximum atomic E-state index is 12.0. The van der Waals surface area contributed by atoms with Gasteiger partial charge in [0.05, 0.1) is 6.04 Å². The molecule has 2 aliphatic carbocycles. The third-order valence-electron chi connectivity index (χ3n) is 5.15. The lowest BCUT2D eigenvalue weighted by Gasteiger charge is -2.21. The van der Waals surface area contributed by atoms with Crippen molar-refractivity contribution < 1.29 is 4.79 Å². The molecule has 2 N–H and O–H groups in total. The minimum atomic E-state index is -0.201. The fraction of sp³-hybridized carbons (Fsp3) is 0.867. The van der Waals surface area contributed by atoms with Crippen molar-refractivity contribution in [2.24, 2.45) is 24.8 Å². The normalized spacial score (nSPS) is 26.5. The molecule has 1 unspecified atom stereocenters. The molecule has 1 aromatic rings. The van der Waals surface area contributed by atoms with Crippen LogP contribution in [-0.4, -0.2) is 32.8 Å². The van der Waals surface area contributed by atoms with Crippen molar-refractivity contribution in [3.05, 3.63) is 5.82 Å². The van der Waals surface area contributed by atoms with Gasteiger partial charge in [-0.3, -0.25) is 0 Å². The Hall–Kier alpha value is -1.66. The molecule has 0 saturated heterocycles. The maximum Gasteiger partial charge on any atom is 0.315 e. The smallest absolute Gasteiger partial charge is 0.315 e. The van der Waals surface area contributed by atoms with Gasteiger partial charge in [0.15, 0.2) is 5.82 Å². The van der Waals surface area contributed by atoms with Crippen molar-refractivity contribution in [3.63, 3.8) is 0 Å². The van der Waals surface area contributed by atoms with Crippen LogP contribution in [0.15, 0.2) is 0 Å². The van der Waals surface area contributed by atoms with E-state index < -0.39 is 0 Å². The Balaban J connectivity index is 1.37. The molecule has 7 nitrogen and oxygen atoms in total. The van der Waals surface area contributed by atoms with E-state index in [1.807, 2.05) is 6.92 Å². The van der Waals surface area contributed by atoms with Crippen LogP contribution >= 0.6 is 0 Å². The number of aromatic nitrogens is 4. The minimum absolute atomic E-state index is 0.134. The number of rotatable bonds is 5. The molecule has 2 saturated carbocycles. The average molecular weight is 306 g/mol. The first kappa shape index (κ1) is 15.2. The van der Waals surface area contributed by atoms with Crippen molar-refractivity contribution in [2.45, 2.75) is 51.5 Å². The average Bonchev–Trinajstić information content (AvgIpc) is 3.18. The summed E-state index contributed by atoms with van der Waals surface area (Å²) in [5, 5.41) is 17.2. The monoisotopic (exact) mass is 306 g/mol. The van der Waals surface area contributed by atoms with E-state index in [1.165, 1.54) is 38.5 Å². The largest absolute Gasteiger partial charge is 0.338 e. The fourth-order valence-corrected chi connectivity index (χ4v) is 3.78. The second kappa shape index (κ2) is 6.62. The molecule has 3 atom stereocenters. The van der Waals surface area contributed by atoms with Gasteiger partial charge >= 0.3 is 6.03 Å². The molecule has 0 spiro atoms. The molecular weight excluding hydrogens is 280 g/mol. The Morgan fingerprint density at radius 3 is 2.82 bits per heavy atom. The Morgan fingerprint density at radius 2 is 2.14 bits per heavy atom. The summed E-state index contributed by atoms with van der Waals surface area (Å²) in [5.41, 5.74) is 0. The summed E-state index contributed by atoms with van der Waals surface area (Å²) in [7, 11) is 1.77. The number of carbonyl (C=O) groups is 1. The van der Waals surface area contributed by atoms with Crippen LogP contribution in [0.1, 0.15) is 57.3 Å². The van der Waals surface area contributed by atoms with Crippen molar-refractivity contribution in [2.75, 3.05) is 6.54 Å². The zero-order chi connectivity index (χ0) is 15.5. The number of hydrogen-bond acceptors (Lipinski definition) is 4. The molecular formula is C15H26N6O. The predicted molar refractivity (Wildman–Crippen MR) is 81.9 cm³/mol. The predicted octanol–water partition coefficient (Wildman–Crippen LogP) is 1.79. The van der Waals surface area contributed by atoms with E-state index in [1.54, 1.807) is 11.7 Å². The van der Waals surface area contributed by atoms with Gasteiger partial charge in [0, 0.05) is 13.6 Å². The number of aryl methyl sites for hydroxylation is 1. The number of hydrogen-bond donors (Lipinski definition) is 2. The molecule has 0 radical (unpaired) electrons. The summed E-state index contributed by atoms with van der Waals surface area (Å²) in [5.74, 6) is 3.09. The number of carbonyl (C=O) groups excluding carboxylic acids is 1. The van der Waals surface area contributed by atoms with Crippen LogP contribution in [0.4, 0.5) is 4.79 Å². The highest BCUT2D eigenvalue weighted by molar-refractivity contribution is 5.74. The summed E-state index contributed by atoms with van der Waals surface area (Å²) in [6, 6.07) is -0.335. The number of urea groups is 1. The molecule has 2 amide bonds. The summed E-state index contributed by atoms with van der Waals surface area (Å²) in [6.07, 6.45) is 8.26. The molecule has 0 aromatic carbocycles. The standard InChI is InChI=1S/C15H26N6O/c1-10(14-18-19-20-21(14)2)17-15(22)16-9-12-8-13(12)11-6-4-3-5-7-11/h10-13H,3-9H2,1-2H3,(H2,16,17,22)/t10?,12-,13-/m0/s1. The molecule has 122 valence electrons. The van der Waals surface area contributed by atoms with Crippen LogP contribution in [0.5, 0.6) is 0 Å². The highest BCUT2D eigenvalue weighted by Crippen LogP contribution is 2.48. The lowest BCUT2D eigenvalue weighted by molar-refractivity contribution is 0.235. The van der Waals surface area contributed by atoms with Gasteiger partial charge in [0.2, 0.25) is 0 Å². The second-order valence-corrected chi connectivity index (χ2v) is 6.79. The Morgan fingerprint density at radius 1 is 1.36 bits per heavy atom. The van der Waals surface area contributed by atoms with Gasteiger partial charge in [-0.25, -0.2) is 9.48 Å². The molecule has 22 heavy (non-hydrogen) atoms. The highest BCUT2D eigenvalue weighted by atomic mass is 16.2. The van der Waals surface area contributed by atoms with Gasteiger partial charge in [-0.15, -0.1) is 5.10 Å². The zero-order valence-corrected chi connectivity index (χ0v) is 13.5. The summed E-state index contributed by atoms with van der Waals surface area (Å²) >= 11 is 0. The van der Waals surface area contributed by atoms with Gasteiger partial charge in [-0.05, 0) is 41.5 Å². The molecule has 1 heterocycles. The Labute approximate surface area is 131 Å². The lowest BCUT2D eigenvalue weighted by Crippen LogP contribution is -2.39. The third kappa shape index (κ3) is 3.56. The second-order valence-electron chi connectivity index (χ2n) is 6.79. The molecule has 3 rings (SSSR count). The first-order valence-corrected chi connectivity index (χ1v) is 8.41. The molecule has 0 aliphatic heterocycles. The van der Waals surface area contributed by atoms with Crippen LogP contribution in [0.3, 0.4) is 0 Å². The summed E-state index contributed by atoms with van der Waals surface area (Å²) < 4.78 is 1.57. The lowest BCUT2D eigenvalue weighted by atomic mass is 9.85. The third-order valence-corrected chi connectivity index (χ3v) is 5.15. The first-order chi connectivity index (χ1) is 10.6. The van der Waals surface area contributed by atoms with Crippen molar-refractivity contribution in [1.29, 1.82) is 0 Å². The van der Waals surface area contributed by atoms with Crippen LogP contribution in [-0.2, 0) is 7.05 Å². The van der Waals surface area contributed by atoms with Crippen LogP contribution in [0.2, 0.25) is 0 Å². The Kier molecular flexibility index (Phi) is 4.59. The SMILES string of the molecule is CC(NC(=O)NC[C@@H]1C[C@H]1C1CCCCC1)c1nnnn1C. The molecule has 7 heteroatoms. The quantitative estimate of drug-likeness (QED) is 0.868. The van der Waals surface area contributed by atoms with E-state index in [0.717, 1.165) is 18.4 Å². The topological polar surface area (TPSA) is 84.7 Å². The van der Waals surface area contributed by atoms with E-state index in [2.05, 4.69) is 26.2 Å². The van der Waals surface area contributed by atoms with E-state index in [0.29, 0.717) is 11.7 Å². The molecule has 2 fully saturated rings. The Bertz CT molecular complexity index is 510. The number of amides is 2. The van der Waals surface area contributed by atoms with Crippen LogP contribution in [0, 0.1) is 17.8 Å². The van der Waals surface area contributed by atoms with E-state index in [9.17, 15) is 4.79 Å². The minimum Gasteiger partial charge on any atom is -0.338 e. The van der Waals surface area contributed by atoms with Crippen molar-refractivity contribution in [3.8, 4) is 0 Å². The van der Waals surface area contributed by atoms with E-state index in [-0.39, 0.29) is 12.1 Å².